The molecule has 5 aromatic rings. The van der Waals surface area contributed by atoms with E-state index in [1.54, 1.807) is 36.7 Å². The normalized spacial score (nSPS) is 10.5. The van der Waals surface area contributed by atoms with E-state index >= 15 is 0 Å². The number of hydrogen-bond acceptors (Lipinski definition) is 14. The van der Waals surface area contributed by atoms with E-state index in [0.717, 1.165) is 34.2 Å². The molecule has 47 heavy (non-hydrogen) atoms. The van der Waals surface area contributed by atoms with Gasteiger partial charge in [-0.05, 0) is 67.6 Å². The summed E-state index contributed by atoms with van der Waals surface area (Å²) in [6.07, 6.45) is 6.89. The minimum absolute atomic E-state index is 0. The predicted molar refractivity (Wildman–Crippen MR) is 145 cm³/mol. The Morgan fingerprint density at radius 3 is 1.38 bits per heavy atom. The molecule has 4 aromatic heterocycles. The van der Waals surface area contributed by atoms with Crippen molar-refractivity contribution in [1.82, 2.24) is 19.9 Å². The number of nitrogens with one attached hydrogen (secondary N) is 1. The molecular weight excluding hydrogens is 746 g/mol. The summed E-state index contributed by atoms with van der Waals surface area (Å²) in [6, 6.07) is 32.7. The summed E-state index contributed by atoms with van der Waals surface area (Å²) in [4.78, 5) is 17.3. The van der Waals surface area contributed by atoms with E-state index < -0.39 is 20.5 Å². The molecule has 0 aliphatic carbocycles. The van der Waals surface area contributed by atoms with Crippen LogP contribution in [0.5, 0.6) is 0 Å². The van der Waals surface area contributed by atoms with Gasteiger partial charge in [0.25, 0.3) is 0 Å². The first-order valence-corrected chi connectivity index (χ1v) is 15.1. The fraction of sp³-hybridized carbons (Fsp3) is 0.0345. The third kappa shape index (κ3) is 19.2. The average Bonchev–Trinajstić information content (AvgIpc) is 3.02. The van der Waals surface area contributed by atoms with Crippen LogP contribution < -0.4 is 42.3 Å². The first-order chi connectivity index (χ1) is 21.7. The Morgan fingerprint density at radius 1 is 0.596 bits per heavy atom. The maximum absolute atomic E-state index is 8.49. The van der Waals surface area contributed by atoms with Gasteiger partial charge in [-0.15, -0.1) is 20.5 Å². The number of benzene rings is 1. The number of aromatic nitrogens is 4. The van der Waals surface area contributed by atoms with Gasteiger partial charge >= 0.3 is 19.5 Å². The molecule has 0 bridgehead atoms. The second kappa shape index (κ2) is 20.9. The van der Waals surface area contributed by atoms with Crippen molar-refractivity contribution in [3.8, 4) is 22.8 Å². The number of amidine groups is 1. The molecule has 0 aliphatic heterocycles. The van der Waals surface area contributed by atoms with E-state index in [4.69, 9.17) is 42.7 Å². The number of pyridine rings is 4. The van der Waals surface area contributed by atoms with Gasteiger partial charge in [-0.2, -0.15) is 5.10 Å². The number of anilines is 1. The van der Waals surface area contributed by atoms with Gasteiger partial charge in [0.05, 0.1) is 40.4 Å². The van der Waals surface area contributed by atoms with Crippen LogP contribution >= 0.6 is 0 Å². The van der Waals surface area contributed by atoms with Crippen molar-refractivity contribution in [2.75, 3.05) is 5.01 Å². The third-order valence-corrected chi connectivity index (χ3v) is 4.92. The van der Waals surface area contributed by atoms with Crippen LogP contribution in [0.1, 0.15) is 12.6 Å². The number of hydrazone groups is 1. The van der Waals surface area contributed by atoms with E-state index in [9.17, 15) is 0 Å². The zero-order chi connectivity index (χ0) is 34.0. The quantitative estimate of drug-likeness (QED) is 0.0791. The van der Waals surface area contributed by atoms with Crippen LogP contribution in [0.15, 0.2) is 127 Å². The van der Waals surface area contributed by atoms with Gasteiger partial charge in [0.1, 0.15) is 5.84 Å². The molecule has 18 heteroatoms. The smallest absolute Gasteiger partial charge is 0.287 e. The maximum Gasteiger partial charge on any atom is 2.00 e. The number of para-hydroxylation sites is 1. The molecule has 0 atom stereocenters. The Kier molecular flexibility index (Phi) is 18.1. The number of halogens is 2. The van der Waals surface area contributed by atoms with E-state index in [1.165, 1.54) is 0 Å². The molecule has 0 aliphatic rings. The van der Waals surface area contributed by atoms with Gasteiger partial charge in [-0.25, -0.2) is 47.3 Å². The van der Waals surface area contributed by atoms with Crippen LogP contribution in [-0.4, -0.2) is 32.0 Å². The largest absolute Gasteiger partial charge is 2.00 e. The number of nitrogens with zero attached hydrogens (tertiary/aromatic N) is 6. The van der Waals surface area contributed by atoms with Crippen LogP contribution in [0.2, 0.25) is 0 Å². The third-order valence-electron chi connectivity index (χ3n) is 4.92. The summed E-state index contributed by atoms with van der Waals surface area (Å²) in [7, 11) is -9.89. The molecule has 0 saturated heterocycles. The molecule has 246 valence electrons. The zero-order valence-corrected chi connectivity index (χ0v) is 27.4. The van der Waals surface area contributed by atoms with Crippen LogP contribution in [0.25, 0.3) is 22.8 Å². The van der Waals surface area contributed by atoms with Crippen molar-refractivity contribution < 1.29 is 77.2 Å². The van der Waals surface area contributed by atoms with Crippen molar-refractivity contribution in [2.24, 2.45) is 5.10 Å². The van der Waals surface area contributed by atoms with Crippen molar-refractivity contribution in [3.05, 3.63) is 127 Å². The molecule has 15 nitrogen and oxygen atoms in total. The fourth-order valence-electron chi connectivity index (χ4n) is 3.23. The van der Waals surface area contributed by atoms with Gasteiger partial charge in [0.15, 0.2) is 0 Å². The summed E-state index contributed by atoms with van der Waals surface area (Å²) in [6.45, 7) is 1.70. The Hall–Kier alpha value is -4.16. The van der Waals surface area contributed by atoms with Crippen molar-refractivity contribution >= 4 is 17.7 Å². The van der Waals surface area contributed by atoms with E-state index in [1.807, 2.05) is 103 Å². The molecule has 0 radical (unpaired) electrons. The maximum atomic E-state index is 8.49. The molecule has 5 rings (SSSR count). The Labute approximate surface area is 286 Å². The summed E-state index contributed by atoms with van der Waals surface area (Å²) in [5, 5.41) is 13.6. The summed E-state index contributed by atoms with van der Waals surface area (Å²) in [5.74, 6) is 0.355. The fourth-order valence-corrected chi connectivity index (χ4v) is 3.23. The van der Waals surface area contributed by atoms with E-state index in [2.05, 4.69) is 25.0 Å². The monoisotopic (exact) mass is 771 g/mol. The standard InChI is InChI=1S/C15H11N3.C14H14N4.2ClHO4.Ru/c1-3-10-16-12(6-1)14-8-5-9-15(18-14)13-7-2-4-11-17-13;1-12(15)18(14-8-3-2-4-9-14)17-11-13-7-5-6-10-16-13;2*2-1(3,4)5;/h1-11H;2-11,15H,1H3;2*(H,2,3,4,5);/q;;;;+2/p-2/b;15-12?,17-11+;;;. The topological polar surface area (TPSA) is 275 Å². The van der Waals surface area contributed by atoms with Crippen LogP contribution in [0.3, 0.4) is 0 Å². The van der Waals surface area contributed by atoms with Crippen molar-refractivity contribution in [3.63, 3.8) is 0 Å². The molecule has 0 amide bonds. The Morgan fingerprint density at radius 2 is 1.00 bits per heavy atom. The molecule has 0 saturated carbocycles. The molecule has 4 heterocycles. The van der Waals surface area contributed by atoms with Gasteiger partial charge in [-0.3, -0.25) is 20.4 Å². The van der Waals surface area contributed by atoms with Crippen LogP contribution in [-0.2, 0) is 19.5 Å². The predicted octanol–water partition coefficient (Wildman–Crippen LogP) is -3.39. The molecule has 1 N–H and O–H groups in total. The summed E-state index contributed by atoms with van der Waals surface area (Å²) < 4.78 is 67.9. The van der Waals surface area contributed by atoms with Crippen molar-refractivity contribution in [1.29, 1.82) is 5.41 Å². The second-order valence-corrected chi connectivity index (χ2v) is 9.84. The van der Waals surface area contributed by atoms with Gasteiger partial charge in [-0.1, -0.05) is 42.5 Å². The molecule has 0 spiro atoms. The van der Waals surface area contributed by atoms with Crippen LogP contribution in [0.4, 0.5) is 5.69 Å². The Balaban J connectivity index is 0.000000361. The molecule has 0 fully saturated rings. The molecular formula is C29H25Cl2N7O8Ru. The summed E-state index contributed by atoms with van der Waals surface area (Å²) in [5.41, 5.74) is 5.08. The second-order valence-electron chi connectivity index (χ2n) is 8.33. The minimum atomic E-state index is -4.94. The SMILES string of the molecule is CC(=N)N(/N=C/c1ccccn1)c1ccccc1.[O-][Cl+3]([O-])([O-])[O-].[O-][Cl+3]([O-])([O-])[O-].[Ru+2].c1ccc(-c2cccc(-c3ccccn3)n2)nc1. The van der Waals surface area contributed by atoms with Gasteiger partial charge in [0.2, 0.25) is 0 Å². The summed E-state index contributed by atoms with van der Waals surface area (Å²) >= 11 is 0. The Bertz CT molecular complexity index is 1540. The number of rotatable bonds is 5. The first-order valence-electron chi connectivity index (χ1n) is 12.6. The van der Waals surface area contributed by atoms with E-state index in [-0.39, 0.29) is 19.5 Å². The molecule has 0 unspecified atom stereocenters. The van der Waals surface area contributed by atoms with Gasteiger partial charge in [0, 0.05) is 18.6 Å². The van der Waals surface area contributed by atoms with Crippen LogP contribution in [0, 0.1) is 25.9 Å². The average molecular weight is 772 g/mol. The van der Waals surface area contributed by atoms with Gasteiger partial charge < -0.3 is 0 Å². The zero-order valence-electron chi connectivity index (χ0n) is 24.2. The van der Waals surface area contributed by atoms with Crippen molar-refractivity contribution in [2.45, 2.75) is 6.92 Å². The minimum Gasteiger partial charge on any atom is -0.287 e. The molecule has 1 aromatic carbocycles. The number of hydrogen-bond donors (Lipinski definition) is 1. The first kappa shape index (κ1) is 40.9. The van der Waals surface area contributed by atoms with E-state index in [0.29, 0.717) is 5.84 Å².